The van der Waals surface area contributed by atoms with Crippen LogP contribution < -0.4 is 0 Å². The molecule has 0 amide bonds. The molecule has 2 aliphatic carbocycles. The highest BCUT2D eigenvalue weighted by atomic mass is 79.9. The zero-order valence-electron chi connectivity index (χ0n) is 15.8. The van der Waals surface area contributed by atoms with Gasteiger partial charge in [0.25, 0.3) is 0 Å². The second-order valence-corrected chi connectivity index (χ2v) is 9.54. The molecule has 0 radical (unpaired) electrons. The monoisotopic (exact) mass is 437 g/mol. The molecule has 4 atom stereocenters. The third-order valence-electron chi connectivity index (χ3n) is 7.62. The maximum atomic E-state index is 13.0. The van der Waals surface area contributed by atoms with E-state index < -0.39 is 11.8 Å². The number of piperidine rings is 1. The first-order valence-corrected chi connectivity index (χ1v) is 10.8. The van der Waals surface area contributed by atoms with E-state index in [1.54, 1.807) is 5.57 Å². The summed E-state index contributed by atoms with van der Waals surface area (Å²) in [6.45, 7) is 6.21. The fraction of sp³-hybridized carbons (Fsp3) is 0.900. The van der Waals surface area contributed by atoms with E-state index in [0.29, 0.717) is 36.3 Å². The predicted molar refractivity (Wildman–Crippen MR) is 101 cm³/mol. The van der Waals surface area contributed by atoms with Crippen molar-refractivity contribution in [3.05, 3.63) is 10.6 Å². The lowest BCUT2D eigenvalue weighted by Crippen LogP contribution is -2.54. The maximum Gasteiger partial charge on any atom is 0.417 e. The normalized spacial score (nSPS) is 38.3. The standard InChI is InChI=1S/C20H31BrF3NO/c1-14(13-25-10-8-19(26,9-11-25)20(22,23)24)16-5-6-17-15(12-21)4-3-7-18(16,17)2/h12,14,16-17,26H,3-11,13H2,1-2H3/b15-12+/t14-,16-,17+,18-/m1/s1. The maximum absolute atomic E-state index is 13.0. The Morgan fingerprint density at radius 1 is 1.27 bits per heavy atom. The Kier molecular flexibility index (Phi) is 5.88. The Labute approximate surface area is 163 Å². The Hall–Kier alpha value is -0.0700. The van der Waals surface area contributed by atoms with Gasteiger partial charge in [0.2, 0.25) is 0 Å². The zero-order chi connectivity index (χ0) is 19.2. The molecule has 1 saturated heterocycles. The van der Waals surface area contributed by atoms with Crippen LogP contribution in [0, 0.1) is 23.2 Å². The molecule has 0 unspecified atom stereocenters. The minimum Gasteiger partial charge on any atom is -0.380 e. The van der Waals surface area contributed by atoms with Crippen LogP contribution in [0.3, 0.4) is 0 Å². The summed E-state index contributed by atoms with van der Waals surface area (Å²) in [4.78, 5) is 4.26. The second-order valence-electron chi connectivity index (χ2n) is 9.09. The number of hydrogen-bond acceptors (Lipinski definition) is 2. The van der Waals surface area contributed by atoms with Crippen molar-refractivity contribution < 1.29 is 18.3 Å². The molecule has 2 nitrogen and oxygen atoms in total. The van der Waals surface area contributed by atoms with Crippen molar-refractivity contribution in [1.29, 1.82) is 0 Å². The van der Waals surface area contributed by atoms with Crippen molar-refractivity contribution in [3.63, 3.8) is 0 Å². The van der Waals surface area contributed by atoms with Gasteiger partial charge in [-0.25, -0.2) is 0 Å². The number of aliphatic hydroxyl groups is 1. The molecule has 3 aliphatic rings. The van der Waals surface area contributed by atoms with Crippen LogP contribution in [0.25, 0.3) is 0 Å². The van der Waals surface area contributed by atoms with E-state index in [1.165, 1.54) is 32.1 Å². The van der Waals surface area contributed by atoms with Crippen molar-refractivity contribution >= 4 is 15.9 Å². The highest BCUT2D eigenvalue weighted by molar-refractivity contribution is 9.11. The van der Waals surface area contributed by atoms with Crippen molar-refractivity contribution in [2.75, 3.05) is 19.6 Å². The molecule has 0 aromatic heterocycles. The summed E-state index contributed by atoms with van der Waals surface area (Å²) >= 11 is 3.55. The van der Waals surface area contributed by atoms with Gasteiger partial charge < -0.3 is 10.0 Å². The summed E-state index contributed by atoms with van der Waals surface area (Å²) in [6, 6.07) is 0. The largest absolute Gasteiger partial charge is 0.417 e. The molecule has 3 rings (SSSR count). The van der Waals surface area contributed by atoms with E-state index in [0.717, 1.165) is 6.54 Å². The van der Waals surface area contributed by atoms with Gasteiger partial charge in [-0.1, -0.05) is 35.4 Å². The number of hydrogen-bond donors (Lipinski definition) is 1. The molecule has 1 N–H and O–H groups in total. The summed E-state index contributed by atoms with van der Waals surface area (Å²) < 4.78 is 39.0. The summed E-state index contributed by atoms with van der Waals surface area (Å²) in [7, 11) is 0. The summed E-state index contributed by atoms with van der Waals surface area (Å²) in [6.07, 6.45) is 1.20. The van der Waals surface area contributed by atoms with Gasteiger partial charge in [0.05, 0.1) is 0 Å². The first kappa shape index (κ1) is 20.7. The molecule has 1 heterocycles. The molecule has 0 spiro atoms. The lowest BCUT2D eigenvalue weighted by molar-refractivity contribution is -0.272. The fourth-order valence-electron chi connectivity index (χ4n) is 6.07. The van der Waals surface area contributed by atoms with Crippen molar-refractivity contribution in [3.8, 4) is 0 Å². The van der Waals surface area contributed by atoms with Crippen molar-refractivity contribution in [1.82, 2.24) is 4.90 Å². The van der Waals surface area contributed by atoms with Crippen LogP contribution in [0.15, 0.2) is 10.6 Å². The molecule has 3 fully saturated rings. The molecular weight excluding hydrogens is 407 g/mol. The van der Waals surface area contributed by atoms with Gasteiger partial charge in [0.15, 0.2) is 5.60 Å². The molecule has 26 heavy (non-hydrogen) atoms. The Morgan fingerprint density at radius 2 is 1.92 bits per heavy atom. The van der Waals surface area contributed by atoms with Crippen molar-refractivity contribution in [2.45, 2.75) is 70.6 Å². The van der Waals surface area contributed by atoms with Gasteiger partial charge in [-0.05, 0) is 73.1 Å². The van der Waals surface area contributed by atoms with E-state index >= 15 is 0 Å². The first-order valence-electron chi connectivity index (χ1n) is 9.91. The quantitative estimate of drug-likeness (QED) is 0.629. The molecule has 2 saturated carbocycles. The second kappa shape index (κ2) is 7.40. The van der Waals surface area contributed by atoms with Crippen LogP contribution >= 0.6 is 15.9 Å². The van der Waals surface area contributed by atoms with Crippen molar-refractivity contribution in [2.24, 2.45) is 23.2 Å². The summed E-state index contributed by atoms with van der Waals surface area (Å²) in [5.74, 6) is 1.75. The average Bonchev–Trinajstić information content (AvgIpc) is 2.93. The number of nitrogens with zero attached hydrogens (tertiary/aromatic N) is 1. The number of alkyl halides is 3. The molecular formula is C20H31BrF3NO. The van der Waals surface area contributed by atoms with Crippen LogP contribution in [-0.4, -0.2) is 41.4 Å². The number of likely N-dealkylation sites (tertiary alicyclic amines) is 1. The van der Waals surface area contributed by atoms with E-state index in [9.17, 15) is 18.3 Å². The van der Waals surface area contributed by atoms with Gasteiger partial charge in [-0.15, -0.1) is 0 Å². The van der Waals surface area contributed by atoms with E-state index in [4.69, 9.17) is 0 Å². The Morgan fingerprint density at radius 3 is 2.50 bits per heavy atom. The lowest BCUT2D eigenvalue weighted by Gasteiger charge is -2.46. The fourth-order valence-corrected chi connectivity index (χ4v) is 6.62. The number of allylic oxidation sites excluding steroid dienone is 1. The van der Waals surface area contributed by atoms with Gasteiger partial charge in [-0.3, -0.25) is 0 Å². The highest BCUT2D eigenvalue weighted by Gasteiger charge is 2.55. The summed E-state index contributed by atoms with van der Waals surface area (Å²) in [5, 5.41) is 9.86. The number of halogens is 4. The van der Waals surface area contributed by atoms with E-state index in [1.807, 2.05) is 0 Å². The minimum atomic E-state index is -4.52. The Balaban J connectivity index is 1.60. The SMILES string of the molecule is C[C@H](CN1CCC(O)(C(F)(F)F)CC1)[C@H]1CC[C@H]2/C(=C/Br)CCC[C@]12C. The molecule has 150 valence electrons. The van der Waals surface area contributed by atoms with Crippen LogP contribution in [0.5, 0.6) is 0 Å². The third-order valence-corrected chi connectivity index (χ3v) is 8.21. The van der Waals surface area contributed by atoms with Crippen LogP contribution in [0.4, 0.5) is 13.2 Å². The van der Waals surface area contributed by atoms with Gasteiger partial charge in [0, 0.05) is 19.6 Å². The van der Waals surface area contributed by atoms with Crippen LogP contribution in [-0.2, 0) is 0 Å². The topological polar surface area (TPSA) is 23.5 Å². The Bertz CT molecular complexity index is 542. The number of rotatable bonds is 3. The minimum absolute atomic E-state index is 0.204. The van der Waals surface area contributed by atoms with Gasteiger partial charge in [0.1, 0.15) is 0 Å². The molecule has 0 bridgehead atoms. The number of fused-ring (bicyclic) bond motifs is 1. The van der Waals surface area contributed by atoms with E-state index in [-0.39, 0.29) is 12.8 Å². The molecule has 0 aromatic rings. The average molecular weight is 438 g/mol. The van der Waals surface area contributed by atoms with Crippen LogP contribution in [0.1, 0.15) is 58.8 Å². The van der Waals surface area contributed by atoms with Gasteiger partial charge in [-0.2, -0.15) is 13.2 Å². The first-order chi connectivity index (χ1) is 12.1. The molecule has 6 heteroatoms. The summed E-state index contributed by atoms with van der Waals surface area (Å²) in [5.41, 5.74) is -0.628. The lowest BCUT2D eigenvalue weighted by atomic mass is 9.61. The van der Waals surface area contributed by atoms with E-state index in [2.05, 4.69) is 39.7 Å². The van der Waals surface area contributed by atoms with Crippen LogP contribution in [0.2, 0.25) is 0 Å². The third kappa shape index (κ3) is 3.62. The highest BCUT2D eigenvalue weighted by Crippen LogP contribution is 2.59. The molecule has 0 aromatic carbocycles. The zero-order valence-corrected chi connectivity index (χ0v) is 17.4. The van der Waals surface area contributed by atoms with Gasteiger partial charge >= 0.3 is 6.18 Å². The smallest absolute Gasteiger partial charge is 0.380 e. The molecule has 1 aliphatic heterocycles. The predicted octanol–water partition coefficient (Wildman–Crippen LogP) is 5.51.